The zero-order valence-electron chi connectivity index (χ0n) is 21.2. The zero-order chi connectivity index (χ0) is 25.1. The fourth-order valence-electron chi connectivity index (χ4n) is 3.67. The largest absolute Gasteiger partial charge is 0.481 e. The highest BCUT2D eigenvalue weighted by molar-refractivity contribution is 5.76. The molecule has 0 fully saturated rings. The van der Waals surface area contributed by atoms with Gasteiger partial charge in [0.15, 0.2) is 0 Å². The molecule has 0 aliphatic rings. The van der Waals surface area contributed by atoms with Crippen LogP contribution in [0, 0.1) is 0 Å². The van der Waals surface area contributed by atoms with Crippen LogP contribution in [0.25, 0.3) is 0 Å². The molecule has 0 rings (SSSR count). The monoisotopic (exact) mass is 487 g/mol. The Kier molecular flexibility index (Phi) is 24.7. The summed E-state index contributed by atoms with van der Waals surface area (Å²) in [6.07, 6.45) is 17.9. The summed E-state index contributed by atoms with van der Waals surface area (Å²) in [7, 11) is 0. The van der Waals surface area contributed by atoms with Crippen LogP contribution in [0.4, 0.5) is 0 Å². The maximum absolute atomic E-state index is 11.5. The van der Waals surface area contributed by atoms with Crippen molar-refractivity contribution in [1.82, 2.24) is 5.32 Å². The van der Waals surface area contributed by atoms with Crippen LogP contribution in [-0.2, 0) is 23.9 Å². The van der Waals surface area contributed by atoms with Gasteiger partial charge >= 0.3 is 11.9 Å². The van der Waals surface area contributed by atoms with Gasteiger partial charge in [-0.2, -0.15) is 0 Å². The molecule has 0 aromatic carbocycles. The van der Waals surface area contributed by atoms with Crippen LogP contribution in [0.2, 0.25) is 0 Å². The highest BCUT2D eigenvalue weighted by Gasteiger charge is 2.03. The highest BCUT2D eigenvalue weighted by Crippen LogP contribution is 2.13. The van der Waals surface area contributed by atoms with E-state index in [0.717, 1.165) is 25.9 Å². The molecule has 0 heterocycles. The van der Waals surface area contributed by atoms with Gasteiger partial charge in [-0.1, -0.05) is 77.0 Å². The van der Waals surface area contributed by atoms with Crippen molar-refractivity contribution in [1.29, 1.82) is 0 Å². The SMILES string of the molecule is O=C(O)CCCCCCCCCCCCCCCCOCCOCCNC(=O)CCCC(=O)O. The summed E-state index contributed by atoms with van der Waals surface area (Å²) in [6, 6.07) is 0. The van der Waals surface area contributed by atoms with E-state index in [1.165, 1.54) is 70.6 Å². The fourth-order valence-corrected chi connectivity index (χ4v) is 3.67. The fraction of sp³-hybridized carbons (Fsp3) is 0.885. The molecule has 0 atom stereocenters. The van der Waals surface area contributed by atoms with Gasteiger partial charge in [-0.15, -0.1) is 0 Å². The molecule has 8 nitrogen and oxygen atoms in total. The van der Waals surface area contributed by atoms with Crippen molar-refractivity contribution in [2.75, 3.05) is 33.0 Å². The Hall–Kier alpha value is -1.67. The minimum atomic E-state index is -0.880. The Morgan fingerprint density at radius 1 is 0.471 bits per heavy atom. The van der Waals surface area contributed by atoms with E-state index in [1.54, 1.807) is 0 Å². The highest BCUT2D eigenvalue weighted by atomic mass is 16.5. The van der Waals surface area contributed by atoms with E-state index in [2.05, 4.69) is 5.32 Å². The molecule has 0 bridgehead atoms. The second kappa shape index (κ2) is 25.9. The maximum Gasteiger partial charge on any atom is 0.303 e. The Labute approximate surface area is 206 Å². The van der Waals surface area contributed by atoms with Gasteiger partial charge in [0.05, 0.1) is 19.8 Å². The van der Waals surface area contributed by atoms with Gasteiger partial charge in [0.25, 0.3) is 0 Å². The topological polar surface area (TPSA) is 122 Å². The second-order valence-corrected chi connectivity index (χ2v) is 8.92. The van der Waals surface area contributed by atoms with Gasteiger partial charge in [-0.05, 0) is 19.3 Å². The summed E-state index contributed by atoms with van der Waals surface area (Å²) in [5.41, 5.74) is 0. The standard InChI is InChI=1S/C26H49NO7/c28-24(16-15-18-26(31)32)27-19-21-34-23-22-33-20-14-12-10-8-6-4-2-1-3-5-7-9-11-13-17-25(29)30/h1-23H2,(H,27,28)(H,29,30)(H,31,32). The van der Waals surface area contributed by atoms with E-state index in [4.69, 9.17) is 19.7 Å². The van der Waals surface area contributed by atoms with Crippen molar-refractivity contribution in [3.63, 3.8) is 0 Å². The molecular weight excluding hydrogens is 438 g/mol. The number of carbonyl (C=O) groups excluding carboxylic acids is 1. The van der Waals surface area contributed by atoms with E-state index in [1.807, 2.05) is 0 Å². The van der Waals surface area contributed by atoms with E-state index in [9.17, 15) is 14.4 Å². The molecule has 200 valence electrons. The molecule has 0 saturated carbocycles. The number of hydrogen-bond donors (Lipinski definition) is 3. The van der Waals surface area contributed by atoms with Crippen LogP contribution >= 0.6 is 0 Å². The van der Waals surface area contributed by atoms with Crippen molar-refractivity contribution < 1.29 is 34.1 Å². The Morgan fingerprint density at radius 3 is 1.38 bits per heavy atom. The van der Waals surface area contributed by atoms with Gasteiger partial charge in [0.2, 0.25) is 5.91 Å². The molecular formula is C26H49NO7. The summed E-state index contributed by atoms with van der Waals surface area (Å²) < 4.78 is 11.0. The molecule has 0 aliphatic heterocycles. The molecule has 0 radical (unpaired) electrons. The number of ether oxygens (including phenoxy) is 2. The first-order valence-corrected chi connectivity index (χ1v) is 13.4. The molecule has 0 aromatic rings. The molecule has 34 heavy (non-hydrogen) atoms. The number of nitrogens with one attached hydrogen (secondary N) is 1. The van der Waals surface area contributed by atoms with Gasteiger partial charge < -0.3 is 25.0 Å². The van der Waals surface area contributed by atoms with Gasteiger partial charge in [0.1, 0.15) is 0 Å². The molecule has 0 spiro atoms. The third-order valence-electron chi connectivity index (χ3n) is 5.66. The molecule has 0 unspecified atom stereocenters. The van der Waals surface area contributed by atoms with Crippen molar-refractivity contribution in [3.8, 4) is 0 Å². The molecule has 1 amide bonds. The lowest BCUT2D eigenvalue weighted by Crippen LogP contribution is -2.27. The van der Waals surface area contributed by atoms with Crippen LogP contribution in [-0.4, -0.2) is 61.0 Å². The smallest absolute Gasteiger partial charge is 0.303 e. The minimum Gasteiger partial charge on any atom is -0.481 e. The van der Waals surface area contributed by atoms with E-state index >= 15 is 0 Å². The lowest BCUT2D eigenvalue weighted by Gasteiger charge is -2.07. The third-order valence-corrected chi connectivity index (χ3v) is 5.66. The Morgan fingerprint density at radius 2 is 0.882 bits per heavy atom. The third kappa shape index (κ3) is 28.4. The normalized spacial score (nSPS) is 10.9. The summed E-state index contributed by atoms with van der Waals surface area (Å²) in [6.45, 7) is 2.71. The van der Waals surface area contributed by atoms with Crippen LogP contribution in [0.3, 0.4) is 0 Å². The van der Waals surface area contributed by atoms with Gasteiger partial charge in [0, 0.05) is 32.4 Å². The first kappa shape index (κ1) is 32.3. The van der Waals surface area contributed by atoms with Crippen molar-refractivity contribution in [2.45, 2.75) is 116 Å². The summed E-state index contributed by atoms with van der Waals surface area (Å²) in [5.74, 6) is -1.70. The zero-order valence-corrected chi connectivity index (χ0v) is 21.2. The molecule has 0 saturated heterocycles. The van der Waals surface area contributed by atoms with Crippen molar-refractivity contribution >= 4 is 17.8 Å². The lowest BCUT2D eigenvalue weighted by atomic mass is 10.0. The minimum absolute atomic E-state index is 0.0169. The van der Waals surface area contributed by atoms with Crippen LogP contribution in [0.5, 0.6) is 0 Å². The summed E-state index contributed by atoms with van der Waals surface area (Å²) in [5, 5.41) is 19.8. The first-order chi connectivity index (χ1) is 16.5. The molecule has 8 heteroatoms. The van der Waals surface area contributed by atoms with Gasteiger partial charge in [-0.25, -0.2) is 0 Å². The van der Waals surface area contributed by atoms with Crippen molar-refractivity contribution in [2.24, 2.45) is 0 Å². The van der Waals surface area contributed by atoms with E-state index in [-0.39, 0.29) is 18.7 Å². The predicted octanol–water partition coefficient (Wildman–Crippen LogP) is 5.33. The average Bonchev–Trinajstić information content (AvgIpc) is 2.79. The van der Waals surface area contributed by atoms with Crippen LogP contribution in [0.1, 0.15) is 116 Å². The number of amides is 1. The number of hydrogen-bond acceptors (Lipinski definition) is 5. The molecule has 3 N–H and O–H groups in total. The van der Waals surface area contributed by atoms with E-state index in [0.29, 0.717) is 39.2 Å². The lowest BCUT2D eigenvalue weighted by molar-refractivity contribution is -0.138. The number of aliphatic carboxylic acids is 2. The predicted molar refractivity (Wildman–Crippen MR) is 133 cm³/mol. The van der Waals surface area contributed by atoms with E-state index < -0.39 is 11.9 Å². The number of rotatable bonds is 27. The second-order valence-electron chi connectivity index (χ2n) is 8.92. The summed E-state index contributed by atoms with van der Waals surface area (Å²) >= 11 is 0. The number of carbonyl (C=O) groups is 3. The molecule has 0 aromatic heterocycles. The van der Waals surface area contributed by atoms with Crippen molar-refractivity contribution in [3.05, 3.63) is 0 Å². The van der Waals surface area contributed by atoms with Crippen LogP contribution < -0.4 is 5.32 Å². The maximum atomic E-state index is 11.5. The van der Waals surface area contributed by atoms with Gasteiger partial charge in [-0.3, -0.25) is 14.4 Å². The average molecular weight is 488 g/mol. The number of carboxylic acid groups (broad SMARTS) is 2. The first-order valence-electron chi connectivity index (χ1n) is 13.4. The van der Waals surface area contributed by atoms with Crippen LogP contribution in [0.15, 0.2) is 0 Å². The Balaban J connectivity index is 3.11. The Bertz CT molecular complexity index is 500. The number of carboxylic acids is 2. The molecule has 0 aliphatic carbocycles. The summed E-state index contributed by atoms with van der Waals surface area (Å²) in [4.78, 5) is 32.3. The number of unbranched alkanes of at least 4 members (excludes halogenated alkanes) is 13. The quantitative estimate of drug-likeness (QED) is 0.134.